The summed E-state index contributed by atoms with van der Waals surface area (Å²) < 4.78 is 0. The standard InChI is InChI=1S/C16H16N2O2/c1-12(13-5-3-2-4-6-13)11-17-18-15-9-7-14(8-10-15)16(19)20/h2-12,18H,1H3,(H,19,20). The minimum absolute atomic E-state index is 0.210. The van der Waals surface area contributed by atoms with Gasteiger partial charge in [-0.3, -0.25) is 5.43 Å². The van der Waals surface area contributed by atoms with Crippen molar-refractivity contribution in [3.63, 3.8) is 0 Å². The van der Waals surface area contributed by atoms with Gasteiger partial charge in [0.05, 0.1) is 11.3 Å². The van der Waals surface area contributed by atoms with Crippen LogP contribution < -0.4 is 5.43 Å². The molecule has 1 unspecified atom stereocenters. The van der Waals surface area contributed by atoms with Gasteiger partial charge >= 0.3 is 5.97 Å². The third-order valence-electron chi connectivity index (χ3n) is 2.95. The Morgan fingerprint density at radius 3 is 2.40 bits per heavy atom. The molecule has 0 heterocycles. The van der Waals surface area contributed by atoms with Crippen LogP contribution in [0.2, 0.25) is 0 Å². The van der Waals surface area contributed by atoms with Crippen molar-refractivity contribution in [1.82, 2.24) is 0 Å². The quantitative estimate of drug-likeness (QED) is 0.643. The van der Waals surface area contributed by atoms with Gasteiger partial charge in [-0.15, -0.1) is 0 Å². The lowest BCUT2D eigenvalue weighted by molar-refractivity contribution is 0.0697. The molecule has 4 nitrogen and oxygen atoms in total. The Kier molecular flexibility index (Phi) is 4.50. The van der Waals surface area contributed by atoms with Crippen LogP contribution in [0.25, 0.3) is 0 Å². The fraction of sp³-hybridized carbons (Fsp3) is 0.125. The molecule has 20 heavy (non-hydrogen) atoms. The Bertz CT molecular complexity index is 592. The Labute approximate surface area is 117 Å². The van der Waals surface area contributed by atoms with Crippen LogP contribution in [0.5, 0.6) is 0 Å². The third-order valence-corrected chi connectivity index (χ3v) is 2.95. The highest BCUT2D eigenvalue weighted by Gasteiger charge is 2.02. The van der Waals surface area contributed by atoms with Crippen LogP contribution in [-0.4, -0.2) is 17.3 Å². The predicted molar refractivity (Wildman–Crippen MR) is 80.4 cm³/mol. The molecule has 0 spiro atoms. The second-order valence-corrected chi connectivity index (χ2v) is 4.47. The SMILES string of the molecule is CC(C=NNc1ccc(C(=O)O)cc1)c1ccccc1. The summed E-state index contributed by atoms with van der Waals surface area (Å²) in [4.78, 5) is 10.7. The molecular weight excluding hydrogens is 252 g/mol. The van der Waals surface area contributed by atoms with E-state index in [0.717, 1.165) is 5.69 Å². The zero-order chi connectivity index (χ0) is 14.4. The molecule has 0 bridgehead atoms. The van der Waals surface area contributed by atoms with Gasteiger partial charge in [-0.1, -0.05) is 37.3 Å². The van der Waals surface area contributed by atoms with Crippen LogP contribution in [0.1, 0.15) is 28.8 Å². The number of aromatic carboxylic acids is 1. The van der Waals surface area contributed by atoms with E-state index in [2.05, 4.69) is 29.6 Å². The molecule has 4 heteroatoms. The fourth-order valence-electron chi connectivity index (χ4n) is 1.75. The van der Waals surface area contributed by atoms with E-state index in [1.165, 1.54) is 5.56 Å². The Balaban J connectivity index is 1.94. The zero-order valence-electron chi connectivity index (χ0n) is 11.2. The molecule has 2 aromatic rings. The Morgan fingerprint density at radius 1 is 1.15 bits per heavy atom. The number of carboxylic acid groups (broad SMARTS) is 1. The van der Waals surface area contributed by atoms with Crippen molar-refractivity contribution in [3.05, 3.63) is 65.7 Å². The summed E-state index contributed by atoms with van der Waals surface area (Å²) >= 11 is 0. The number of carboxylic acids is 1. The fourth-order valence-corrected chi connectivity index (χ4v) is 1.75. The Morgan fingerprint density at radius 2 is 1.80 bits per heavy atom. The van der Waals surface area contributed by atoms with Gasteiger partial charge in [0.25, 0.3) is 0 Å². The van der Waals surface area contributed by atoms with Crippen molar-refractivity contribution < 1.29 is 9.90 Å². The van der Waals surface area contributed by atoms with Gasteiger partial charge in [-0.05, 0) is 29.8 Å². The predicted octanol–water partition coefficient (Wildman–Crippen LogP) is 3.59. The number of nitrogens with zero attached hydrogens (tertiary/aromatic N) is 1. The van der Waals surface area contributed by atoms with Gasteiger partial charge in [0.2, 0.25) is 0 Å². The first kappa shape index (κ1) is 13.8. The molecule has 2 rings (SSSR count). The molecule has 0 aliphatic carbocycles. The molecule has 0 radical (unpaired) electrons. The maximum atomic E-state index is 10.7. The molecule has 0 saturated carbocycles. The van der Waals surface area contributed by atoms with Crippen molar-refractivity contribution in [1.29, 1.82) is 0 Å². The van der Waals surface area contributed by atoms with Crippen molar-refractivity contribution in [3.8, 4) is 0 Å². The second-order valence-electron chi connectivity index (χ2n) is 4.47. The van der Waals surface area contributed by atoms with Gasteiger partial charge in [0.1, 0.15) is 0 Å². The van der Waals surface area contributed by atoms with E-state index in [4.69, 9.17) is 5.11 Å². The molecule has 0 amide bonds. The van der Waals surface area contributed by atoms with Crippen LogP contribution in [0, 0.1) is 0 Å². The molecule has 1 atom stereocenters. The van der Waals surface area contributed by atoms with Crippen LogP contribution in [0.3, 0.4) is 0 Å². The lowest BCUT2D eigenvalue weighted by Gasteiger charge is -2.06. The highest BCUT2D eigenvalue weighted by Crippen LogP contribution is 2.13. The average molecular weight is 268 g/mol. The molecular formula is C16H16N2O2. The minimum Gasteiger partial charge on any atom is -0.478 e. The lowest BCUT2D eigenvalue weighted by atomic mass is 10.0. The summed E-state index contributed by atoms with van der Waals surface area (Å²) in [5.41, 5.74) is 5.10. The molecule has 102 valence electrons. The summed E-state index contributed by atoms with van der Waals surface area (Å²) in [6.07, 6.45) is 1.82. The van der Waals surface area contributed by atoms with Gasteiger partial charge in [0, 0.05) is 12.1 Å². The highest BCUT2D eigenvalue weighted by atomic mass is 16.4. The highest BCUT2D eigenvalue weighted by molar-refractivity contribution is 5.88. The average Bonchev–Trinajstić information content (AvgIpc) is 2.48. The number of hydrogen-bond donors (Lipinski definition) is 2. The Hall–Kier alpha value is -2.62. The minimum atomic E-state index is -0.933. The number of carbonyl (C=O) groups is 1. The molecule has 0 aliphatic heterocycles. The first-order valence-corrected chi connectivity index (χ1v) is 6.34. The van der Waals surface area contributed by atoms with Crippen LogP contribution in [-0.2, 0) is 0 Å². The van der Waals surface area contributed by atoms with Crippen molar-refractivity contribution in [2.45, 2.75) is 12.8 Å². The molecule has 0 aromatic heterocycles. The summed E-state index contributed by atoms with van der Waals surface area (Å²) in [6.45, 7) is 2.06. The monoisotopic (exact) mass is 268 g/mol. The second kappa shape index (κ2) is 6.52. The van der Waals surface area contributed by atoms with E-state index in [1.807, 2.05) is 24.4 Å². The number of nitrogens with one attached hydrogen (secondary N) is 1. The van der Waals surface area contributed by atoms with Crippen LogP contribution in [0.4, 0.5) is 5.69 Å². The van der Waals surface area contributed by atoms with Crippen LogP contribution in [0.15, 0.2) is 59.7 Å². The van der Waals surface area contributed by atoms with Crippen molar-refractivity contribution in [2.24, 2.45) is 5.10 Å². The van der Waals surface area contributed by atoms with Crippen molar-refractivity contribution in [2.75, 3.05) is 5.43 Å². The molecule has 0 saturated heterocycles. The van der Waals surface area contributed by atoms with E-state index >= 15 is 0 Å². The maximum Gasteiger partial charge on any atom is 0.335 e. The van der Waals surface area contributed by atoms with Gasteiger partial charge in [-0.2, -0.15) is 5.10 Å². The number of rotatable bonds is 5. The van der Waals surface area contributed by atoms with E-state index in [1.54, 1.807) is 24.3 Å². The third kappa shape index (κ3) is 3.68. The largest absolute Gasteiger partial charge is 0.478 e. The van der Waals surface area contributed by atoms with E-state index in [9.17, 15) is 4.79 Å². The molecule has 2 N–H and O–H groups in total. The number of anilines is 1. The summed E-state index contributed by atoms with van der Waals surface area (Å²) in [5, 5.41) is 13.0. The summed E-state index contributed by atoms with van der Waals surface area (Å²) in [7, 11) is 0. The van der Waals surface area contributed by atoms with Crippen molar-refractivity contribution >= 4 is 17.9 Å². The first-order chi connectivity index (χ1) is 9.66. The maximum absolute atomic E-state index is 10.7. The van der Waals surface area contributed by atoms with Gasteiger partial charge < -0.3 is 5.11 Å². The van der Waals surface area contributed by atoms with E-state index < -0.39 is 5.97 Å². The van der Waals surface area contributed by atoms with E-state index in [-0.39, 0.29) is 11.5 Å². The number of hydrogen-bond acceptors (Lipinski definition) is 3. The zero-order valence-corrected chi connectivity index (χ0v) is 11.2. The lowest BCUT2D eigenvalue weighted by Crippen LogP contribution is -1.98. The summed E-state index contributed by atoms with van der Waals surface area (Å²) in [5.74, 6) is -0.722. The smallest absolute Gasteiger partial charge is 0.335 e. The van der Waals surface area contributed by atoms with E-state index in [0.29, 0.717) is 0 Å². The first-order valence-electron chi connectivity index (χ1n) is 6.34. The topological polar surface area (TPSA) is 61.7 Å². The molecule has 0 aliphatic rings. The van der Waals surface area contributed by atoms with Gasteiger partial charge in [-0.25, -0.2) is 4.79 Å². The number of benzene rings is 2. The molecule has 0 fully saturated rings. The normalized spacial score (nSPS) is 12.2. The number of hydrazone groups is 1. The van der Waals surface area contributed by atoms with Gasteiger partial charge in [0.15, 0.2) is 0 Å². The molecule has 2 aromatic carbocycles. The summed E-state index contributed by atoms with van der Waals surface area (Å²) in [6, 6.07) is 16.5. The van der Waals surface area contributed by atoms with Crippen LogP contribution >= 0.6 is 0 Å².